The maximum Gasteiger partial charge on any atom is 0.387 e. The lowest BCUT2D eigenvalue weighted by molar-refractivity contribution is -0.0497. The molecule has 4 nitrogen and oxygen atoms in total. The Morgan fingerprint density at radius 1 is 1.40 bits per heavy atom. The van der Waals surface area contributed by atoms with Gasteiger partial charge in [0.25, 0.3) is 0 Å². The number of hydrogen-bond donors (Lipinski definition) is 1. The molecule has 2 heterocycles. The van der Waals surface area contributed by atoms with Gasteiger partial charge in [0, 0.05) is 36.2 Å². The molecule has 0 aliphatic carbocycles. The van der Waals surface area contributed by atoms with Gasteiger partial charge in [0.2, 0.25) is 0 Å². The summed E-state index contributed by atoms with van der Waals surface area (Å²) in [6.45, 7) is 0.288. The average Bonchev–Trinajstić information content (AvgIpc) is 2.82. The van der Waals surface area contributed by atoms with Gasteiger partial charge in [-0.1, -0.05) is 0 Å². The predicted molar refractivity (Wildman–Crippen MR) is 71.2 cm³/mol. The SMILES string of the molecule is FC(F)Oc1ccc2c(ccn2C[C@@H]2COCCN2)c1. The maximum absolute atomic E-state index is 12.2. The highest BCUT2D eigenvalue weighted by molar-refractivity contribution is 5.81. The highest BCUT2D eigenvalue weighted by atomic mass is 19.3. The number of hydrogen-bond acceptors (Lipinski definition) is 3. The van der Waals surface area contributed by atoms with E-state index in [9.17, 15) is 8.78 Å². The molecule has 2 aromatic rings. The van der Waals surface area contributed by atoms with Crippen LogP contribution in [0.4, 0.5) is 8.78 Å². The zero-order valence-electron chi connectivity index (χ0n) is 10.9. The molecule has 1 aliphatic rings. The Kier molecular flexibility index (Phi) is 3.84. The second kappa shape index (κ2) is 5.76. The average molecular weight is 282 g/mol. The first-order valence-corrected chi connectivity index (χ1v) is 6.57. The van der Waals surface area contributed by atoms with Gasteiger partial charge in [0.1, 0.15) is 5.75 Å². The third-order valence-electron chi connectivity index (χ3n) is 3.38. The second-order valence-electron chi connectivity index (χ2n) is 4.79. The molecule has 6 heteroatoms. The van der Waals surface area contributed by atoms with E-state index in [4.69, 9.17) is 4.74 Å². The monoisotopic (exact) mass is 282 g/mol. The Morgan fingerprint density at radius 3 is 3.05 bits per heavy atom. The number of alkyl halides is 2. The maximum atomic E-state index is 12.2. The lowest BCUT2D eigenvalue weighted by atomic mass is 10.2. The van der Waals surface area contributed by atoms with Crippen LogP contribution in [0.1, 0.15) is 0 Å². The highest BCUT2D eigenvalue weighted by Gasteiger charge is 2.14. The van der Waals surface area contributed by atoms with Crippen molar-refractivity contribution < 1.29 is 18.3 Å². The minimum atomic E-state index is -2.79. The van der Waals surface area contributed by atoms with Crippen LogP contribution in [0, 0.1) is 0 Å². The van der Waals surface area contributed by atoms with Gasteiger partial charge in [-0.15, -0.1) is 0 Å². The number of nitrogens with one attached hydrogen (secondary N) is 1. The molecule has 0 spiro atoms. The number of benzene rings is 1. The molecule has 3 rings (SSSR count). The summed E-state index contributed by atoms with van der Waals surface area (Å²) in [5.74, 6) is 0.185. The number of morpholine rings is 1. The van der Waals surface area contributed by atoms with Crippen molar-refractivity contribution in [3.05, 3.63) is 30.5 Å². The molecular formula is C14H16F2N2O2. The Morgan fingerprint density at radius 2 is 2.30 bits per heavy atom. The zero-order valence-corrected chi connectivity index (χ0v) is 10.9. The minimum absolute atomic E-state index is 0.185. The fourth-order valence-electron chi connectivity index (χ4n) is 2.49. The molecule has 1 atom stereocenters. The lowest BCUT2D eigenvalue weighted by Crippen LogP contribution is -2.43. The molecule has 0 radical (unpaired) electrons. The Bertz CT molecular complexity index is 580. The third-order valence-corrected chi connectivity index (χ3v) is 3.38. The van der Waals surface area contributed by atoms with E-state index in [1.807, 2.05) is 12.3 Å². The van der Waals surface area contributed by atoms with Gasteiger partial charge in [0.05, 0.1) is 13.2 Å². The summed E-state index contributed by atoms with van der Waals surface area (Å²) in [4.78, 5) is 0. The van der Waals surface area contributed by atoms with Crippen molar-refractivity contribution >= 4 is 10.9 Å². The molecule has 1 N–H and O–H groups in total. The van der Waals surface area contributed by atoms with Gasteiger partial charge in [-0.25, -0.2) is 0 Å². The molecule has 0 amide bonds. The van der Waals surface area contributed by atoms with Gasteiger partial charge in [-0.05, 0) is 24.3 Å². The summed E-state index contributed by atoms with van der Waals surface area (Å²) >= 11 is 0. The van der Waals surface area contributed by atoms with Crippen LogP contribution >= 0.6 is 0 Å². The van der Waals surface area contributed by atoms with Crippen molar-refractivity contribution in [2.45, 2.75) is 19.2 Å². The van der Waals surface area contributed by atoms with Crippen LogP contribution in [-0.2, 0) is 11.3 Å². The largest absolute Gasteiger partial charge is 0.435 e. The lowest BCUT2D eigenvalue weighted by Gasteiger charge is -2.24. The van der Waals surface area contributed by atoms with E-state index in [0.717, 1.165) is 30.6 Å². The van der Waals surface area contributed by atoms with Crippen molar-refractivity contribution in [1.29, 1.82) is 0 Å². The third kappa shape index (κ3) is 2.91. The number of aromatic nitrogens is 1. The van der Waals surface area contributed by atoms with E-state index < -0.39 is 6.61 Å². The summed E-state index contributed by atoms with van der Waals surface area (Å²) < 4.78 is 36.3. The van der Waals surface area contributed by atoms with Crippen molar-refractivity contribution in [2.75, 3.05) is 19.8 Å². The summed E-state index contributed by atoms with van der Waals surface area (Å²) in [6, 6.07) is 7.17. The molecule has 1 aromatic carbocycles. The second-order valence-corrected chi connectivity index (χ2v) is 4.79. The van der Waals surface area contributed by atoms with E-state index in [-0.39, 0.29) is 11.8 Å². The van der Waals surface area contributed by atoms with E-state index in [0.29, 0.717) is 6.61 Å². The molecule has 0 unspecified atom stereocenters. The molecule has 20 heavy (non-hydrogen) atoms. The number of halogens is 2. The standard InChI is InChI=1S/C14H16F2N2O2/c15-14(16)20-12-1-2-13-10(7-12)3-5-18(13)8-11-9-19-6-4-17-11/h1-3,5,7,11,14,17H,4,6,8-9H2/t11-/m1/s1. The molecule has 1 aromatic heterocycles. The van der Waals surface area contributed by atoms with Crippen LogP contribution in [-0.4, -0.2) is 37.0 Å². The van der Waals surface area contributed by atoms with Crippen molar-refractivity contribution in [3.63, 3.8) is 0 Å². The molecule has 1 saturated heterocycles. The summed E-state index contributed by atoms with van der Waals surface area (Å²) in [5.41, 5.74) is 0.999. The Balaban J connectivity index is 1.78. The molecular weight excluding hydrogens is 266 g/mol. The Hall–Kier alpha value is -1.66. The van der Waals surface area contributed by atoms with Crippen LogP contribution in [0.25, 0.3) is 10.9 Å². The number of fused-ring (bicyclic) bond motifs is 1. The van der Waals surface area contributed by atoms with Crippen LogP contribution in [0.2, 0.25) is 0 Å². The summed E-state index contributed by atoms with van der Waals surface area (Å²) in [7, 11) is 0. The quantitative estimate of drug-likeness (QED) is 0.934. The first kappa shape index (κ1) is 13.3. The van der Waals surface area contributed by atoms with Gasteiger partial charge in [-0.3, -0.25) is 0 Å². The van der Waals surface area contributed by atoms with E-state index in [1.165, 1.54) is 0 Å². The predicted octanol–water partition coefficient (Wildman–Crippen LogP) is 2.23. The van der Waals surface area contributed by atoms with Gasteiger partial charge in [-0.2, -0.15) is 8.78 Å². The van der Waals surface area contributed by atoms with Crippen LogP contribution in [0.15, 0.2) is 30.5 Å². The molecule has 0 saturated carbocycles. The van der Waals surface area contributed by atoms with Gasteiger partial charge < -0.3 is 19.4 Å². The van der Waals surface area contributed by atoms with Crippen LogP contribution < -0.4 is 10.1 Å². The van der Waals surface area contributed by atoms with Crippen molar-refractivity contribution in [3.8, 4) is 5.75 Å². The van der Waals surface area contributed by atoms with Gasteiger partial charge in [0.15, 0.2) is 0 Å². The van der Waals surface area contributed by atoms with E-state index in [1.54, 1.807) is 18.2 Å². The van der Waals surface area contributed by atoms with Crippen molar-refractivity contribution in [2.24, 2.45) is 0 Å². The molecule has 0 bridgehead atoms. The van der Waals surface area contributed by atoms with Crippen LogP contribution in [0.3, 0.4) is 0 Å². The van der Waals surface area contributed by atoms with Crippen molar-refractivity contribution in [1.82, 2.24) is 9.88 Å². The Labute approximate surface area is 115 Å². The zero-order chi connectivity index (χ0) is 13.9. The highest BCUT2D eigenvalue weighted by Crippen LogP contribution is 2.23. The topological polar surface area (TPSA) is 35.4 Å². The smallest absolute Gasteiger partial charge is 0.387 e. The summed E-state index contributed by atoms with van der Waals surface area (Å²) in [5, 5.41) is 4.28. The summed E-state index contributed by atoms with van der Waals surface area (Å²) in [6.07, 6.45) is 1.95. The molecule has 108 valence electrons. The minimum Gasteiger partial charge on any atom is -0.435 e. The molecule has 1 fully saturated rings. The first-order valence-electron chi connectivity index (χ1n) is 6.57. The van der Waals surface area contributed by atoms with Gasteiger partial charge >= 0.3 is 6.61 Å². The fourth-order valence-corrected chi connectivity index (χ4v) is 2.49. The fraction of sp³-hybridized carbons (Fsp3) is 0.429. The number of ether oxygens (including phenoxy) is 2. The number of rotatable bonds is 4. The normalized spacial score (nSPS) is 19.6. The van der Waals surface area contributed by atoms with E-state index >= 15 is 0 Å². The number of nitrogens with zero attached hydrogens (tertiary/aromatic N) is 1. The van der Waals surface area contributed by atoms with Crippen LogP contribution in [0.5, 0.6) is 5.75 Å². The van der Waals surface area contributed by atoms with E-state index in [2.05, 4.69) is 14.6 Å². The molecule has 1 aliphatic heterocycles. The first-order chi connectivity index (χ1) is 9.72.